The van der Waals surface area contributed by atoms with Crippen molar-refractivity contribution in [2.45, 2.75) is 24.8 Å². The molecule has 0 atom stereocenters. The molecule has 0 amide bonds. The number of ether oxygens (including phenoxy) is 1. The Morgan fingerprint density at radius 1 is 1.27 bits per heavy atom. The quantitative estimate of drug-likeness (QED) is 0.511. The van der Waals surface area contributed by atoms with Crippen LogP contribution in [0.15, 0.2) is 40.6 Å². The molecule has 140 valence electrons. The monoisotopic (exact) mass is 415 g/mol. The summed E-state index contributed by atoms with van der Waals surface area (Å²) in [6.07, 6.45) is 0. The van der Waals surface area contributed by atoms with Gasteiger partial charge in [-0.1, -0.05) is 17.7 Å². The van der Waals surface area contributed by atoms with Crippen molar-refractivity contribution in [3.8, 4) is 0 Å². The fraction of sp³-hybridized carbons (Fsp3) is 0.294. The highest BCUT2D eigenvalue weighted by molar-refractivity contribution is 7.89. The first-order valence-corrected chi connectivity index (χ1v) is 10.4. The highest BCUT2D eigenvalue weighted by Gasteiger charge is 2.25. The number of hydrogen-bond donors (Lipinski definition) is 0. The maximum Gasteiger partial charge on any atom is 0.340 e. The lowest BCUT2D eigenvalue weighted by Gasteiger charge is -2.21. The molecule has 1 heterocycles. The largest absolute Gasteiger partial charge is 0.454 e. The van der Waals surface area contributed by atoms with E-state index in [9.17, 15) is 18.0 Å². The maximum absolute atomic E-state index is 12.6. The SMILES string of the molecule is CC(C)N(C)S(=O)(=O)c1ccc(Cl)c(C(=O)OCC(=O)c2cccs2)c1. The second kappa shape index (κ2) is 8.30. The zero-order valence-corrected chi connectivity index (χ0v) is 16.8. The van der Waals surface area contributed by atoms with Gasteiger partial charge in [-0.25, -0.2) is 13.2 Å². The number of carbonyl (C=O) groups excluding carboxylic acids is 2. The molecule has 0 fully saturated rings. The molecule has 0 radical (unpaired) electrons. The Balaban J connectivity index is 2.21. The third kappa shape index (κ3) is 4.50. The second-order valence-corrected chi connectivity index (χ2v) is 9.09. The van der Waals surface area contributed by atoms with E-state index in [1.54, 1.807) is 31.4 Å². The highest BCUT2D eigenvalue weighted by Crippen LogP contribution is 2.24. The molecule has 0 saturated heterocycles. The van der Waals surface area contributed by atoms with E-state index < -0.39 is 22.6 Å². The lowest BCUT2D eigenvalue weighted by atomic mass is 10.2. The Hall–Kier alpha value is -1.74. The summed E-state index contributed by atoms with van der Waals surface area (Å²) >= 11 is 7.25. The number of thiophene rings is 1. The molecular formula is C17H18ClNO5S2. The van der Waals surface area contributed by atoms with Crippen LogP contribution >= 0.6 is 22.9 Å². The van der Waals surface area contributed by atoms with Gasteiger partial charge in [0.05, 0.1) is 20.4 Å². The topological polar surface area (TPSA) is 80.8 Å². The van der Waals surface area contributed by atoms with Crippen LogP contribution in [0.2, 0.25) is 5.02 Å². The average molecular weight is 416 g/mol. The molecule has 9 heteroatoms. The number of rotatable bonds is 7. The molecule has 0 spiro atoms. The van der Waals surface area contributed by atoms with E-state index in [0.717, 1.165) is 6.07 Å². The number of hydrogen-bond acceptors (Lipinski definition) is 6. The first-order valence-electron chi connectivity index (χ1n) is 7.66. The molecule has 1 aromatic carbocycles. The number of benzene rings is 1. The van der Waals surface area contributed by atoms with Gasteiger partial charge in [0.1, 0.15) is 0 Å². The third-order valence-corrected chi connectivity index (χ3v) is 6.96. The lowest BCUT2D eigenvalue weighted by molar-refractivity contribution is 0.0475. The molecule has 0 aliphatic carbocycles. The van der Waals surface area contributed by atoms with Gasteiger partial charge < -0.3 is 4.74 Å². The minimum absolute atomic E-state index is 0.0460. The Bertz CT molecular complexity index is 907. The molecule has 0 bridgehead atoms. The highest BCUT2D eigenvalue weighted by atomic mass is 35.5. The standard InChI is InChI=1S/C17H18ClNO5S2/c1-11(2)19(3)26(22,23)12-6-7-14(18)13(9-12)17(21)24-10-15(20)16-5-4-8-25-16/h4-9,11H,10H2,1-3H3. The summed E-state index contributed by atoms with van der Waals surface area (Å²) in [5.74, 6) is -1.20. The molecule has 1 aromatic heterocycles. The molecule has 0 aliphatic heterocycles. The number of sulfonamides is 1. The van der Waals surface area contributed by atoms with Gasteiger partial charge in [-0.15, -0.1) is 11.3 Å². The summed E-state index contributed by atoms with van der Waals surface area (Å²) in [7, 11) is -2.33. The number of nitrogens with zero attached hydrogens (tertiary/aromatic N) is 1. The molecule has 0 aliphatic rings. The van der Waals surface area contributed by atoms with Crippen LogP contribution in [0.3, 0.4) is 0 Å². The van der Waals surface area contributed by atoms with Gasteiger partial charge in [0.15, 0.2) is 6.61 Å². The summed E-state index contributed by atoms with van der Waals surface area (Å²) in [6.45, 7) is 3.02. The predicted molar refractivity (Wildman–Crippen MR) is 100 cm³/mol. The van der Waals surface area contributed by atoms with Gasteiger partial charge in [-0.3, -0.25) is 4.79 Å². The summed E-state index contributed by atoms with van der Waals surface area (Å²) < 4.78 is 31.3. The Morgan fingerprint density at radius 3 is 2.54 bits per heavy atom. The van der Waals surface area contributed by atoms with E-state index in [-0.39, 0.29) is 27.3 Å². The number of Topliss-reactive ketones (excluding diaryl/α,β-unsaturated/α-hetero) is 1. The third-order valence-electron chi connectivity index (χ3n) is 3.69. The Labute approximate surface area is 161 Å². The average Bonchev–Trinajstić information content (AvgIpc) is 3.13. The molecule has 0 unspecified atom stereocenters. The fourth-order valence-corrected chi connectivity index (χ4v) is 4.22. The normalized spacial score (nSPS) is 11.8. The Kier molecular flexibility index (Phi) is 6.57. The molecule has 0 saturated carbocycles. The van der Waals surface area contributed by atoms with Crippen LogP contribution < -0.4 is 0 Å². The zero-order valence-electron chi connectivity index (χ0n) is 14.4. The van der Waals surface area contributed by atoms with Crippen molar-refractivity contribution in [3.63, 3.8) is 0 Å². The first kappa shape index (κ1) is 20.6. The van der Waals surface area contributed by atoms with Crippen LogP contribution in [-0.2, 0) is 14.8 Å². The van der Waals surface area contributed by atoms with E-state index >= 15 is 0 Å². The number of halogens is 1. The minimum atomic E-state index is -3.78. The van der Waals surface area contributed by atoms with Crippen LogP contribution in [-0.4, -0.2) is 44.2 Å². The summed E-state index contributed by atoms with van der Waals surface area (Å²) in [4.78, 5) is 24.6. The summed E-state index contributed by atoms with van der Waals surface area (Å²) in [5, 5.41) is 1.79. The number of ketones is 1. The number of esters is 1. The minimum Gasteiger partial charge on any atom is -0.454 e. The van der Waals surface area contributed by atoms with Crippen molar-refractivity contribution < 1.29 is 22.7 Å². The smallest absolute Gasteiger partial charge is 0.340 e. The van der Waals surface area contributed by atoms with Crippen molar-refractivity contribution in [1.82, 2.24) is 4.31 Å². The number of carbonyl (C=O) groups is 2. The van der Waals surface area contributed by atoms with Crippen LogP contribution in [0.25, 0.3) is 0 Å². The lowest BCUT2D eigenvalue weighted by Crippen LogP contribution is -2.33. The van der Waals surface area contributed by atoms with Gasteiger partial charge in [-0.05, 0) is 43.5 Å². The van der Waals surface area contributed by atoms with Gasteiger partial charge in [-0.2, -0.15) is 4.31 Å². The first-order chi connectivity index (χ1) is 12.1. The van der Waals surface area contributed by atoms with Crippen LogP contribution in [0.1, 0.15) is 33.9 Å². The van der Waals surface area contributed by atoms with Crippen molar-refractivity contribution in [2.24, 2.45) is 0 Å². The van der Waals surface area contributed by atoms with Crippen molar-refractivity contribution in [1.29, 1.82) is 0 Å². The molecule has 26 heavy (non-hydrogen) atoms. The van der Waals surface area contributed by atoms with E-state index in [0.29, 0.717) is 4.88 Å². The molecule has 6 nitrogen and oxygen atoms in total. The molecule has 0 N–H and O–H groups in total. The van der Waals surface area contributed by atoms with Gasteiger partial charge >= 0.3 is 5.97 Å². The molecular weight excluding hydrogens is 398 g/mol. The van der Waals surface area contributed by atoms with Crippen LogP contribution in [0.5, 0.6) is 0 Å². The predicted octanol–water partition coefficient (Wildman–Crippen LogP) is 3.47. The van der Waals surface area contributed by atoms with Gasteiger partial charge in [0.25, 0.3) is 0 Å². The van der Waals surface area contributed by atoms with Crippen LogP contribution in [0, 0.1) is 0 Å². The molecule has 2 rings (SSSR count). The molecule has 2 aromatic rings. The zero-order chi connectivity index (χ0) is 19.5. The maximum atomic E-state index is 12.6. The van der Waals surface area contributed by atoms with Crippen molar-refractivity contribution >= 4 is 44.7 Å². The van der Waals surface area contributed by atoms with Gasteiger partial charge in [0.2, 0.25) is 15.8 Å². The second-order valence-electron chi connectivity index (χ2n) is 5.73. The van der Waals surface area contributed by atoms with E-state index in [2.05, 4.69) is 0 Å². The van der Waals surface area contributed by atoms with E-state index in [1.807, 2.05) is 0 Å². The van der Waals surface area contributed by atoms with Crippen molar-refractivity contribution in [2.75, 3.05) is 13.7 Å². The van der Waals surface area contributed by atoms with E-state index in [1.165, 1.54) is 34.8 Å². The van der Waals surface area contributed by atoms with Crippen molar-refractivity contribution in [3.05, 3.63) is 51.2 Å². The van der Waals surface area contributed by atoms with Gasteiger partial charge in [0, 0.05) is 13.1 Å². The van der Waals surface area contributed by atoms with Crippen LogP contribution in [0.4, 0.5) is 0 Å². The summed E-state index contributed by atoms with van der Waals surface area (Å²) in [6, 6.07) is 6.90. The van der Waals surface area contributed by atoms with E-state index in [4.69, 9.17) is 16.3 Å². The summed E-state index contributed by atoms with van der Waals surface area (Å²) in [5.41, 5.74) is -0.108. The fourth-order valence-electron chi connectivity index (χ4n) is 1.98. The Morgan fingerprint density at radius 2 is 1.96 bits per heavy atom.